The van der Waals surface area contributed by atoms with Crippen LogP contribution in [0.3, 0.4) is 0 Å². The van der Waals surface area contributed by atoms with Crippen molar-refractivity contribution in [2.45, 2.75) is 0 Å². The van der Waals surface area contributed by atoms with Crippen molar-refractivity contribution in [3.8, 4) is 12.3 Å². The van der Waals surface area contributed by atoms with E-state index in [-0.39, 0.29) is 6.61 Å². The number of halogens is 1. The first-order valence-electron chi connectivity index (χ1n) is 3.60. The van der Waals surface area contributed by atoms with Gasteiger partial charge >= 0.3 is 0 Å². The minimum Gasteiger partial charge on any atom is -0.382 e. The van der Waals surface area contributed by atoms with Crippen molar-refractivity contribution in [3.05, 3.63) is 34.9 Å². The summed E-state index contributed by atoms with van der Waals surface area (Å²) in [5, 5.41) is 4.20. The van der Waals surface area contributed by atoms with Gasteiger partial charge in [-0.25, -0.2) is 0 Å². The highest BCUT2D eigenvalue weighted by Crippen LogP contribution is 2.07. The number of rotatable bonds is 3. The Balaban J connectivity index is 2.50. The summed E-state index contributed by atoms with van der Waals surface area (Å²) in [6.45, 7) is 0.153. The van der Waals surface area contributed by atoms with E-state index in [0.717, 1.165) is 5.56 Å². The number of hydrogen-bond donors (Lipinski definition) is 0. The maximum absolute atomic E-state index is 5.68. The van der Waals surface area contributed by atoms with Crippen LogP contribution in [0, 0.1) is 12.3 Å². The van der Waals surface area contributed by atoms with E-state index in [1.165, 1.54) is 0 Å². The maximum Gasteiger partial charge on any atom is 0.177 e. The van der Waals surface area contributed by atoms with Crippen LogP contribution in [0.1, 0.15) is 5.56 Å². The summed E-state index contributed by atoms with van der Waals surface area (Å²) in [6, 6.07) is 7.07. The molecule has 65 valence electrons. The molecule has 0 spiro atoms. The van der Waals surface area contributed by atoms with Gasteiger partial charge in [0.1, 0.15) is 6.21 Å². The van der Waals surface area contributed by atoms with Crippen LogP contribution in [-0.2, 0) is 4.84 Å². The summed E-state index contributed by atoms with van der Waals surface area (Å²) in [5.41, 5.74) is 0.793. The molecule has 0 heterocycles. The molecule has 1 radical (unpaired) electrons. The van der Waals surface area contributed by atoms with E-state index in [4.69, 9.17) is 18.0 Å². The van der Waals surface area contributed by atoms with Crippen LogP contribution in [0.2, 0.25) is 5.02 Å². The van der Waals surface area contributed by atoms with Gasteiger partial charge in [-0.1, -0.05) is 34.8 Å². The second-order valence-electron chi connectivity index (χ2n) is 2.19. The highest BCUT2D eigenvalue weighted by atomic mass is 35.5. The first kappa shape index (κ1) is 9.63. The van der Waals surface area contributed by atoms with Crippen molar-refractivity contribution in [2.75, 3.05) is 6.61 Å². The fourth-order valence-corrected chi connectivity index (χ4v) is 0.805. The lowest BCUT2D eigenvalue weighted by molar-refractivity contribution is 0.181. The summed E-state index contributed by atoms with van der Waals surface area (Å²) < 4.78 is 0. The highest BCUT2D eigenvalue weighted by molar-refractivity contribution is 6.30. The monoisotopic (exact) mass is 192 g/mol. The molecule has 0 amide bonds. The third-order valence-electron chi connectivity index (χ3n) is 1.23. The molecular weight excluding hydrogens is 186 g/mol. The fourth-order valence-electron chi connectivity index (χ4n) is 0.679. The predicted molar refractivity (Wildman–Crippen MR) is 52.8 cm³/mol. The topological polar surface area (TPSA) is 21.6 Å². The average Bonchev–Trinajstić information content (AvgIpc) is 2.15. The molecule has 0 bridgehead atoms. The molecule has 0 saturated heterocycles. The van der Waals surface area contributed by atoms with Crippen molar-refractivity contribution in [1.29, 1.82) is 0 Å². The van der Waals surface area contributed by atoms with E-state index < -0.39 is 0 Å². The zero-order valence-corrected chi connectivity index (χ0v) is 7.58. The third kappa shape index (κ3) is 3.64. The Morgan fingerprint density at radius 1 is 1.38 bits per heavy atom. The zero-order valence-electron chi connectivity index (χ0n) is 6.83. The molecule has 1 aromatic carbocycles. The van der Waals surface area contributed by atoms with Crippen molar-refractivity contribution < 1.29 is 4.84 Å². The maximum atomic E-state index is 5.68. The van der Waals surface area contributed by atoms with E-state index in [1.807, 2.05) is 0 Å². The number of benzene rings is 1. The predicted octanol–water partition coefficient (Wildman–Crippen LogP) is 2.20. The first-order chi connectivity index (χ1) is 6.33. The van der Waals surface area contributed by atoms with Crippen LogP contribution in [-0.4, -0.2) is 12.8 Å². The van der Waals surface area contributed by atoms with Gasteiger partial charge in [0.2, 0.25) is 0 Å². The third-order valence-corrected chi connectivity index (χ3v) is 1.48. The Labute approximate surface area is 82.2 Å². The van der Waals surface area contributed by atoms with E-state index in [1.54, 1.807) is 24.3 Å². The molecule has 0 saturated carbocycles. The summed E-state index contributed by atoms with van der Waals surface area (Å²) in [6.07, 6.45) is 7.60. The Hall–Kier alpha value is -1.46. The summed E-state index contributed by atoms with van der Waals surface area (Å²) in [5.74, 6) is 2.29. The smallest absolute Gasteiger partial charge is 0.177 e. The van der Waals surface area contributed by atoms with Crippen LogP contribution in [0.5, 0.6) is 0 Å². The standard InChI is InChI=1S/C10H7ClNO/c1-2-7-13-12-8-9-3-5-10(11)6-4-9/h1,3-6H,7H2. The summed E-state index contributed by atoms with van der Waals surface area (Å²) in [7, 11) is 0. The molecule has 1 rings (SSSR count). The van der Waals surface area contributed by atoms with E-state index >= 15 is 0 Å². The lowest BCUT2D eigenvalue weighted by Gasteiger charge is -1.92. The van der Waals surface area contributed by atoms with Gasteiger partial charge in [-0.2, -0.15) is 0 Å². The van der Waals surface area contributed by atoms with Gasteiger partial charge in [-0.05, 0) is 12.1 Å². The molecule has 0 N–H and O–H groups in total. The van der Waals surface area contributed by atoms with Crippen LogP contribution >= 0.6 is 11.6 Å². The van der Waals surface area contributed by atoms with Crippen molar-refractivity contribution in [3.63, 3.8) is 0 Å². The van der Waals surface area contributed by atoms with Gasteiger partial charge in [0.15, 0.2) is 6.61 Å². The number of hydrogen-bond acceptors (Lipinski definition) is 2. The molecule has 2 nitrogen and oxygen atoms in total. The highest BCUT2D eigenvalue weighted by Gasteiger charge is 1.88. The first-order valence-corrected chi connectivity index (χ1v) is 3.98. The Bertz CT molecular complexity index is 324. The van der Waals surface area contributed by atoms with Crippen LogP contribution in [0.4, 0.5) is 0 Å². The second kappa shape index (κ2) is 5.23. The van der Waals surface area contributed by atoms with Gasteiger partial charge in [0, 0.05) is 10.6 Å². The minimum atomic E-state index is 0.153. The minimum absolute atomic E-state index is 0.153. The molecule has 0 aliphatic heterocycles. The van der Waals surface area contributed by atoms with Gasteiger partial charge < -0.3 is 4.84 Å². The van der Waals surface area contributed by atoms with Crippen LogP contribution in [0.25, 0.3) is 0 Å². The quantitative estimate of drug-likeness (QED) is 0.311. The average molecular weight is 193 g/mol. The molecular formula is C10H7ClNO. The fraction of sp³-hybridized carbons (Fsp3) is 0.100. The SMILES string of the molecule is C#CCON=[C]c1ccc(Cl)cc1. The van der Waals surface area contributed by atoms with Crippen molar-refractivity contribution >= 4 is 17.8 Å². The Kier molecular flexibility index (Phi) is 3.87. The van der Waals surface area contributed by atoms with Crippen LogP contribution < -0.4 is 0 Å². The lowest BCUT2D eigenvalue weighted by atomic mass is 10.2. The van der Waals surface area contributed by atoms with Crippen molar-refractivity contribution in [1.82, 2.24) is 0 Å². The molecule has 1 aromatic rings. The molecule has 0 aliphatic carbocycles. The van der Waals surface area contributed by atoms with Crippen molar-refractivity contribution in [2.24, 2.45) is 5.16 Å². The molecule has 0 aromatic heterocycles. The largest absolute Gasteiger partial charge is 0.382 e. The lowest BCUT2D eigenvalue weighted by Crippen LogP contribution is -1.84. The normalized spacial score (nSPS) is 9.85. The number of terminal acetylenes is 1. The summed E-state index contributed by atoms with van der Waals surface area (Å²) >= 11 is 5.68. The van der Waals surface area contributed by atoms with E-state index in [9.17, 15) is 0 Å². The molecule has 0 fully saturated rings. The zero-order chi connectivity index (χ0) is 9.52. The van der Waals surface area contributed by atoms with E-state index in [2.05, 4.69) is 22.1 Å². The number of nitrogens with zero attached hydrogens (tertiary/aromatic N) is 1. The molecule has 3 heteroatoms. The van der Waals surface area contributed by atoms with Crippen LogP contribution in [0.15, 0.2) is 29.4 Å². The van der Waals surface area contributed by atoms with Gasteiger partial charge in [-0.15, -0.1) is 6.42 Å². The summed E-state index contributed by atoms with van der Waals surface area (Å²) in [4.78, 5) is 4.66. The second-order valence-corrected chi connectivity index (χ2v) is 2.62. The van der Waals surface area contributed by atoms with Gasteiger partial charge in [0.05, 0.1) is 0 Å². The molecule has 13 heavy (non-hydrogen) atoms. The van der Waals surface area contributed by atoms with Gasteiger partial charge in [-0.3, -0.25) is 0 Å². The van der Waals surface area contributed by atoms with E-state index in [0.29, 0.717) is 5.02 Å². The van der Waals surface area contributed by atoms with Gasteiger partial charge in [0.25, 0.3) is 0 Å². The molecule has 0 unspecified atom stereocenters. The Morgan fingerprint density at radius 2 is 2.08 bits per heavy atom. The Morgan fingerprint density at radius 3 is 2.69 bits per heavy atom. The molecule has 0 atom stereocenters. The molecule has 0 aliphatic rings.